The molecular formula is C24H20FN3O5. The van der Waals surface area contributed by atoms with Crippen molar-refractivity contribution in [3.63, 3.8) is 0 Å². The summed E-state index contributed by atoms with van der Waals surface area (Å²) in [5, 5.41) is 12.9. The van der Waals surface area contributed by atoms with Gasteiger partial charge in [-0.15, -0.1) is 0 Å². The number of carboxylic acid groups (broad SMARTS) is 1. The Bertz CT molecular complexity index is 1310. The monoisotopic (exact) mass is 449 g/mol. The number of nitrogens with zero attached hydrogens (tertiary/aromatic N) is 3. The predicted octanol–water partition coefficient (Wildman–Crippen LogP) is 3.94. The number of alkyl halides is 1. The third-order valence-corrected chi connectivity index (χ3v) is 4.96. The normalized spacial score (nSPS) is 10.8. The number of benzene rings is 2. The van der Waals surface area contributed by atoms with Gasteiger partial charge in [-0.1, -0.05) is 29.4 Å². The van der Waals surface area contributed by atoms with E-state index in [1.54, 1.807) is 36.5 Å². The third kappa shape index (κ3) is 5.51. The summed E-state index contributed by atoms with van der Waals surface area (Å²) >= 11 is 0. The summed E-state index contributed by atoms with van der Waals surface area (Å²) in [6.07, 6.45) is 2.11. The highest BCUT2D eigenvalue weighted by molar-refractivity contribution is 5.67. The number of aryl methyl sites for hydroxylation is 1. The van der Waals surface area contributed by atoms with Crippen molar-refractivity contribution in [3.8, 4) is 28.6 Å². The lowest BCUT2D eigenvalue weighted by Gasteiger charge is -2.08. The maximum absolute atomic E-state index is 12.4. The minimum atomic E-state index is -0.909. The average molecular weight is 449 g/mol. The minimum Gasteiger partial charge on any atom is -0.481 e. The van der Waals surface area contributed by atoms with Gasteiger partial charge < -0.3 is 18.9 Å². The van der Waals surface area contributed by atoms with Crippen molar-refractivity contribution in [3.05, 3.63) is 88.3 Å². The van der Waals surface area contributed by atoms with E-state index in [0.29, 0.717) is 35.7 Å². The van der Waals surface area contributed by atoms with Crippen LogP contribution in [-0.4, -0.2) is 32.6 Å². The molecule has 0 aliphatic rings. The van der Waals surface area contributed by atoms with Gasteiger partial charge in [0, 0.05) is 24.2 Å². The lowest BCUT2D eigenvalue weighted by Crippen LogP contribution is -2.19. The van der Waals surface area contributed by atoms with Crippen molar-refractivity contribution in [2.75, 3.05) is 6.86 Å². The van der Waals surface area contributed by atoms with Gasteiger partial charge in [0.2, 0.25) is 12.7 Å². The number of rotatable bonds is 9. The first kappa shape index (κ1) is 21.9. The third-order valence-electron chi connectivity index (χ3n) is 4.96. The second kappa shape index (κ2) is 9.90. The molecule has 0 aliphatic carbocycles. The molecular weight excluding hydrogens is 429 g/mol. The topological polar surface area (TPSA) is 107 Å². The van der Waals surface area contributed by atoms with Gasteiger partial charge in [-0.3, -0.25) is 9.59 Å². The molecule has 0 fully saturated rings. The summed E-state index contributed by atoms with van der Waals surface area (Å²) in [6.45, 7) is -0.599. The fourth-order valence-corrected chi connectivity index (χ4v) is 3.33. The van der Waals surface area contributed by atoms with Crippen molar-refractivity contribution in [2.24, 2.45) is 0 Å². The van der Waals surface area contributed by atoms with Gasteiger partial charge >= 0.3 is 5.97 Å². The molecule has 168 valence electrons. The highest BCUT2D eigenvalue weighted by Crippen LogP contribution is 2.23. The largest absolute Gasteiger partial charge is 0.481 e. The quantitative estimate of drug-likeness (QED) is 0.412. The Morgan fingerprint density at radius 2 is 1.82 bits per heavy atom. The van der Waals surface area contributed by atoms with Crippen LogP contribution < -0.4 is 10.3 Å². The number of aliphatic carboxylic acids is 1. The molecule has 1 N–H and O–H groups in total. The molecule has 9 heteroatoms. The van der Waals surface area contributed by atoms with Crippen molar-refractivity contribution in [1.29, 1.82) is 0 Å². The maximum Gasteiger partial charge on any atom is 0.303 e. The van der Waals surface area contributed by atoms with Crippen LogP contribution in [0.25, 0.3) is 22.8 Å². The van der Waals surface area contributed by atoms with Crippen LogP contribution >= 0.6 is 0 Å². The lowest BCUT2D eigenvalue weighted by atomic mass is 10.1. The van der Waals surface area contributed by atoms with E-state index in [9.17, 15) is 14.0 Å². The molecule has 8 nitrogen and oxygen atoms in total. The van der Waals surface area contributed by atoms with Crippen LogP contribution in [-0.2, 0) is 17.8 Å². The summed E-state index contributed by atoms with van der Waals surface area (Å²) in [6, 6.07) is 17.1. The molecule has 0 unspecified atom stereocenters. The maximum atomic E-state index is 12.4. The second-order valence-electron chi connectivity index (χ2n) is 7.30. The van der Waals surface area contributed by atoms with Crippen LogP contribution in [0.4, 0.5) is 4.39 Å². The van der Waals surface area contributed by atoms with E-state index in [1.165, 1.54) is 10.6 Å². The predicted molar refractivity (Wildman–Crippen MR) is 118 cm³/mol. The number of pyridine rings is 1. The number of carboxylic acids is 1. The van der Waals surface area contributed by atoms with Crippen LogP contribution in [0.1, 0.15) is 17.5 Å². The zero-order chi connectivity index (χ0) is 23.2. The smallest absolute Gasteiger partial charge is 0.303 e. The molecule has 2 aromatic carbocycles. The van der Waals surface area contributed by atoms with Gasteiger partial charge in [0.15, 0.2) is 0 Å². The number of halogens is 1. The molecule has 0 spiro atoms. The molecule has 0 amide bonds. The molecule has 0 saturated heterocycles. The molecule has 0 aliphatic heterocycles. The van der Waals surface area contributed by atoms with Crippen LogP contribution in [0.5, 0.6) is 5.75 Å². The molecule has 0 saturated carbocycles. The number of hydrogen-bond donors (Lipinski definition) is 1. The molecule has 0 radical (unpaired) electrons. The Labute approximate surface area is 187 Å². The van der Waals surface area contributed by atoms with Crippen LogP contribution in [0.15, 0.2) is 76.2 Å². The number of ether oxygens (including phenoxy) is 1. The van der Waals surface area contributed by atoms with Crippen molar-refractivity contribution in [1.82, 2.24) is 14.7 Å². The first-order valence-corrected chi connectivity index (χ1v) is 10.2. The first-order chi connectivity index (χ1) is 16.0. The van der Waals surface area contributed by atoms with E-state index in [2.05, 4.69) is 10.1 Å². The highest BCUT2D eigenvalue weighted by Gasteiger charge is 2.12. The van der Waals surface area contributed by atoms with E-state index < -0.39 is 12.8 Å². The Balaban J connectivity index is 1.54. The van der Waals surface area contributed by atoms with E-state index in [0.717, 1.165) is 11.1 Å². The zero-order valence-electron chi connectivity index (χ0n) is 17.5. The standard InChI is InChI=1S/C24H20FN3O5/c25-15-32-20-8-5-18(6-9-20)23-26-24(33-27-23)19-7-10-21(29)28(14-19)13-17-3-1-2-16(12-17)4-11-22(30)31/h1-3,5-10,12,14H,4,11,13,15H2,(H,30,31). The summed E-state index contributed by atoms with van der Waals surface area (Å²) in [7, 11) is 0. The summed E-state index contributed by atoms with van der Waals surface area (Å²) < 4.78 is 24.0. The molecule has 0 atom stereocenters. The van der Waals surface area contributed by atoms with E-state index in [1.807, 2.05) is 24.3 Å². The summed E-state index contributed by atoms with van der Waals surface area (Å²) in [4.78, 5) is 27.6. The molecule has 4 rings (SSSR count). The zero-order valence-corrected chi connectivity index (χ0v) is 17.5. The Morgan fingerprint density at radius 3 is 2.58 bits per heavy atom. The molecule has 2 heterocycles. The van der Waals surface area contributed by atoms with Gasteiger partial charge in [0.1, 0.15) is 5.75 Å². The van der Waals surface area contributed by atoms with E-state index >= 15 is 0 Å². The highest BCUT2D eigenvalue weighted by atomic mass is 19.1. The fraction of sp³-hybridized carbons (Fsp3) is 0.167. The van der Waals surface area contributed by atoms with Gasteiger partial charge in [-0.2, -0.15) is 4.98 Å². The van der Waals surface area contributed by atoms with Gasteiger partial charge in [0.05, 0.1) is 12.1 Å². The van der Waals surface area contributed by atoms with Crippen molar-refractivity contribution < 1.29 is 23.6 Å². The lowest BCUT2D eigenvalue weighted by molar-refractivity contribution is -0.136. The molecule has 0 bridgehead atoms. The molecule has 2 aromatic heterocycles. The number of hydrogen-bond acceptors (Lipinski definition) is 6. The van der Waals surface area contributed by atoms with Gasteiger partial charge in [0.25, 0.3) is 11.4 Å². The van der Waals surface area contributed by atoms with Crippen molar-refractivity contribution in [2.45, 2.75) is 19.4 Å². The van der Waals surface area contributed by atoms with E-state index in [-0.39, 0.29) is 17.9 Å². The SMILES string of the molecule is O=C(O)CCc1cccc(Cn2cc(-c3nc(-c4ccc(OCF)cc4)no3)ccc2=O)c1. The number of aromatic nitrogens is 3. The first-order valence-electron chi connectivity index (χ1n) is 10.2. The van der Waals surface area contributed by atoms with Crippen molar-refractivity contribution >= 4 is 5.97 Å². The average Bonchev–Trinajstić information content (AvgIpc) is 3.30. The summed E-state index contributed by atoms with van der Waals surface area (Å²) in [5.41, 5.74) is 2.82. The molecule has 4 aromatic rings. The van der Waals surface area contributed by atoms with Crippen LogP contribution in [0.3, 0.4) is 0 Å². The Morgan fingerprint density at radius 1 is 1.06 bits per heavy atom. The second-order valence-corrected chi connectivity index (χ2v) is 7.30. The van der Waals surface area contributed by atoms with Gasteiger partial charge in [-0.25, -0.2) is 4.39 Å². The van der Waals surface area contributed by atoms with Crippen LogP contribution in [0, 0.1) is 0 Å². The minimum absolute atomic E-state index is 0.0456. The molecule has 33 heavy (non-hydrogen) atoms. The van der Waals surface area contributed by atoms with Crippen LogP contribution in [0.2, 0.25) is 0 Å². The number of carbonyl (C=O) groups is 1. The summed E-state index contributed by atoms with van der Waals surface area (Å²) in [5.74, 6) is 0.134. The van der Waals surface area contributed by atoms with Gasteiger partial charge in [-0.05, 0) is 47.9 Å². The Hall–Kier alpha value is -4.27. The fourth-order valence-electron chi connectivity index (χ4n) is 3.33. The van der Waals surface area contributed by atoms with E-state index in [4.69, 9.17) is 14.4 Å². The Kier molecular flexibility index (Phi) is 6.58.